The van der Waals surface area contributed by atoms with Crippen LogP contribution < -0.4 is 5.32 Å². The van der Waals surface area contributed by atoms with Gasteiger partial charge in [0.25, 0.3) is 0 Å². The van der Waals surface area contributed by atoms with Gasteiger partial charge in [0, 0.05) is 29.4 Å². The zero-order chi connectivity index (χ0) is 23.7. The van der Waals surface area contributed by atoms with Gasteiger partial charge in [0.05, 0.1) is 21.9 Å². The number of hydrogen-bond acceptors (Lipinski definition) is 9. The zero-order valence-corrected chi connectivity index (χ0v) is 18.7. The summed E-state index contributed by atoms with van der Waals surface area (Å²) in [4.78, 5) is 34.2. The standard InChI is InChI=1S/C15H9N5OS.C7H3ClN4/c16-5-9-6-17-14-13(9)15(19-7-18-14)20-10-2-1-8-3-12(21)22-11(8)4-10;8-6-5-4(1-9)2-10-7(5)12-3-11-6/h1-2,4,6-7H,3H2,(H2,17,18,19,20);2-3H,(H,10,11,12). The van der Waals surface area contributed by atoms with E-state index in [1.54, 1.807) is 12.4 Å². The van der Waals surface area contributed by atoms with Gasteiger partial charge in [-0.3, -0.25) is 4.79 Å². The van der Waals surface area contributed by atoms with E-state index in [0.717, 1.165) is 16.1 Å². The lowest BCUT2D eigenvalue weighted by Gasteiger charge is -2.08. The third-order valence-electron chi connectivity index (χ3n) is 5.02. The molecule has 164 valence electrons. The fourth-order valence-electron chi connectivity index (χ4n) is 3.48. The van der Waals surface area contributed by atoms with Crippen LogP contribution in [0.2, 0.25) is 5.15 Å². The quantitative estimate of drug-likeness (QED) is 0.311. The lowest BCUT2D eigenvalue weighted by molar-refractivity contribution is -0.110. The number of carbonyl (C=O) groups excluding carboxylic acids is 1. The van der Waals surface area contributed by atoms with Crippen LogP contribution >= 0.6 is 23.4 Å². The summed E-state index contributed by atoms with van der Waals surface area (Å²) < 4.78 is 0. The molecule has 0 radical (unpaired) electrons. The molecule has 3 N–H and O–H groups in total. The van der Waals surface area contributed by atoms with E-state index in [4.69, 9.17) is 16.9 Å². The Morgan fingerprint density at radius 1 is 0.971 bits per heavy atom. The molecule has 0 atom stereocenters. The Morgan fingerprint density at radius 3 is 2.38 bits per heavy atom. The lowest BCUT2D eigenvalue weighted by atomic mass is 10.1. The van der Waals surface area contributed by atoms with Crippen LogP contribution in [0.15, 0.2) is 48.1 Å². The summed E-state index contributed by atoms with van der Waals surface area (Å²) in [5, 5.41) is 22.8. The van der Waals surface area contributed by atoms with Crippen molar-refractivity contribution in [1.29, 1.82) is 10.5 Å². The molecule has 0 aliphatic carbocycles. The average molecular weight is 486 g/mol. The summed E-state index contributed by atoms with van der Waals surface area (Å²) in [5.74, 6) is 0.567. The number of fused-ring (bicyclic) bond motifs is 3. The SMILES string of the molecule is N#Cc1c[nH]c2ncnc(Cl)c12.N#Cc1c[nH]c2ncnc(Nc3ccc4c(c3)SC(=O)C4)c12. The molecular formula is C22H12ClN9OS. The van der Waals surface area contributed by atoms with E-state index < -0.39 is 0 Å². The van der Waals surface area contributed by atoms with Gasteiger partial charge in [0.15, 0.2) is 5.12 Å². The second kappa shape index (κ2) is 8.83. The number of nitrogens with one attached hydrogen (secondary N) is 3. The molecule has 34 heavy (non-hydrogen) atoms. The van der Waals surface area contributed by atoms with Crippen LogP contribution in [-0.4, -0.2) is 35.0 Å². The van der Waals surface area contributed by atoms with Crippen molar-refractivity contribution in [2.45, 2.75) is 11.3 Å². The fraction of sp³-hybridized carbons (Fsp3) is 0.0455. The Balaban J connectivity index is 0.000000169. The van der Waals surface area contributed by atoms with Crippen molar-refractivity contribution in [3.63, 3.8) is 0 Å². The first-order chi connectivity index (χ1) is 16.6. The Hall–Kier alpha value is -4.45. The van der Waals surface area contributed by atoms with Gasteiger partial charge in [-0.25, -0.2) is 19.9 Å². The fourth-order valence-corrected chi connectivity index (χ4v) is 4.65. The molecule has 5 aromatic rings. The third-order valence-corrected chi connectivity index (χ3v) is 6.28. The molecule has 1 aliphatic heterocycles. The van der Waals surface area contributed by atoms with E-state index in [0.29, 0.717) is 50.6 Å². The minimum atomic E-state index is 0.161. The molecule has 6 rings (SSSR count). The van der Waals surface area contributed by atoms with E-state index in [-0.39, 0.29) is 5.12 Å². The topological polar surface area (TPSA) is 160 Å². The Labute approximate surface area is 201 Å². The van der Waals surface area contributed by atoms with Crippen LogP contribution in [0.1, 0.15) is 16.7 Å². The smallest absolute Gasteiger partial charge is 0.198 e. The molecule has 1 aromatic carbocycles. The number of benzene rings is 1. The molecule has 12 heteroatoms. The number of hydrogen-bond donors (Lipinski definition) is 3. The third kappa shape index (κ3) is 3.90. The molecule has 4 aromatic heterocycles. The second-order valence-corrected chi connectivity index (χ2v) is 8.52. The number of carbonyl (C=O) groups is 1. The summed E-state index contributed by atoms with van der Waals surface area (Å²) in [6.07, 6.45) is 6.44. The molecule has 0 amide bonds. The van der Waals surface area contributed by atoms with Crippen molar-refractivity contribution in [3.05, 3.63) is 65.1 Å². The van der Waals surface area contributed by atoms with Crippen molar-refractivity contribution >= 4 is 62.1 Å². The molecule has 0 spiro atoms. The zero-order valence-electron chi connectivity index (χ0n) is 17.1. The summed E-state index contributed by atoms with van der Waals surface area (Å²) >= 11 is 7.02. The number of anilines is 2. The summed E-state index contributed by atoms with van der Waals surface area (Å²) in [7, 11) is 0. The maximum Gasteiger partial charge on any atom is 0.198 e. The normalized spacial score (nSPS) is 12.0. The minimum Gasteiger partial charge on any atom is -0.345 e. The Bertz CT molecular complexity index is 1660. The molecule has 0 fully saturated rings. The van der Waals surface area contributed by atoms with Gasteiger partial charge < -0.3 is 15.3 Å². The number of halogens is 1. The van der Waals surface area contributed by atoms with Gasteiger partial charge >= 0.3 is 0 Å². The monoisotopic (exact) mass is 485 g/mol. The number of aromatic amines is 2. The van der Waals surface area contributed by atoms with Crippen molar-refractivity contribution in [2.75, 3.05) is 5.32 Å². The van der Waals surface area contributed by atoms with E-state index in [1.807, 2.05) is 24.3 Å². The van der Waals surface area contributed by atoms with Crippen LogP contribution in [-0.2, 0) is 11.2 Å². The maximum absolute atomic E-state index is 11.5. The first-order valence-corrected chi connectivity index (χ1v) is 11.0. The molecule has 5 heterocycles. The minimum absolute atomic E-state index is 0.161. The van der Waals surface area contributed by atoms with Crippen molar-refractivity contribution in [1.82, 2.24) is 29.9 Å². The molecule has 1 aliphatic rings. The molecule has 0 saturated carbocycles. The Morgan fingerprint density at radius 2 is 1.65 bits per heavy atom. The molecular weight excluding hydrogens is 474 g/mol. The highest BCUT2D eigenvalue weighted by atomic mass is 35.5. The van der Waals surface area contributed by atoms with Gasteiger partial charge in [-0.1, -0.05) is 29.4 Å². The van der Waals surface area contributed by atoms with E-state index >= 15 is 0 Å². The summed E-state index contributed by atoms with van der Waals surface area (Å²) in [6.45, 7) is 0. The van der Waals surface area contributed by atoms with Gasteiger partial charge in [-0.05, 0) is 17.7 Å². The van der Waals surface area contributed by atoms with E-state index in [1.165, 1.54) is 24.4 Å². The molecule has 0 unspecified atom stereocenters. The molecule has 0 saturated heterocycles. The van der Waals surface area contributed by atoms with Crippen LogP contribution in [0.5, 0.6) is 0 Å². The largest absolute Gasteiger partial charge is 0.345 e. The van der Waals surface area contributed by atoms with Crippen molar-refractivity contribution in [3.8, 4) is 12.1 Å². The van der Waals surface area contributed by atoms with Crippen LogP contribution in [0.4, 0.5) is 11.5 Å². The summed E-state index contributed by atoms with van der Waals surface area (Å²) in [6, 6.07) is 9.89. The molecule has 10 nitrogen and oxygen atoms in total. The highest BCUT2D eigenvalue weighted by molar-refractivity contribution is 8.14. The predicted molar refractivity (Wildman–Crippen MR) is 127 cm³/mol. The summed E-state index contributed by atoms with van der Waals surface area (Å²) in [5.41, 5.74) is 4.03. The van der Waals surface area contributed by atoms with Crippen molar-refractivity contribution < 1.29 is 4.79 Å². The van der Waals surface area contributed by atoms with Gasteiger partial charge in [-0.2, -0.15) is 10.5 Å². The van der Waals surface area contributed by atoms with Crippen LogP contribution in [0.25, 0.3) is 22.1 Å². The lowest BCUT2D eigenvalue weighted by Crippen LogP contribution is -1.96. The van der Waals surface area contributed by atoms with Crippen LogP contribution in [0, 0.1) is 22.7 Å². The highest BCUT2D eigenvalue weighted by Gasteiger charge is 2.20. The van der Waals surface area contributed by atoms with Crippen LogP contribution in [0.3, 0.4) is 0 Å². The predicted octanol–water partition coefficient (Wildman–Crippen LogP) is 4.23. The number of thioether (sulfide) groups is 1. The number of nitrogens with zero attached hydrogens (tertiary/aromatic N) is 6. The number of aromatic nitrogens is 6. The van der Waals surface area contributed by atoms with E-state index in [9.17, 15) is 10.1 Å². The maximum atomic E-state index is 11.5. The second-order valence-electron chi connectivity index (χ2n) is 7.06. The number of H-pyrrole nitrogens is 2. The van der Waals surface area contributed by atoms with E-state index in [2.05, 4.69) is 41.3 Å². The number of rotatable bonds is 2. The highest BCUT2D eigenvalue weighted by Crippen LogP contribution is 2.35. The van der Waals surface area contributed by atoms with Crippen molar-refractivity contribution in [2.24, 2.45) is 0 Å². The molecule has 0 bridgehead atoms. The number of nitriles is 2. The first-order valence-electron chi connectivity index (χ1n) is 9.78. The Kier molecular flexibility index (Phi) is 5.55. The van der Waals surface area contributed by atoms with Gasteiger partial charge in [0.2, 0.25) is 0 Å². The van der Waals surface area contributed by atoms with Gasteiger partial charge in [0.1, 0.15) is 47.1 Å². The average Bonchev–Trinajstić information content (AvgIpc) is 3.55. The van der Waals surface area contributed by atoms with Gasteiger partial charge in [-0.15, -0.1) is 0 Å². The first kappa shape index (κ1) is 21.4.